The molecule has 2 aromatic rings. The van der Waals surface area contributed by atoms with Crippen molar-refractivity contribution in [2.24, 2.45) is 0 Å². The Morgan fingerprint density at radius 3 is 2.44 bits per heavy atom. The molecule has 0 saturated heterocycles. The second-order valence-corrected chi connectivity index (χ2v) is 4.76. The van der Waals surface area contributed by atoms with E-state index in [1.165, 1.54) is 11.1 Å². The predicted octanol–water partition coefficient (Wildman–Crippen LogP) is 2.39. The first-order chi connectivity index (χ1) is 8.65. The maximum absolute atomic E-state index is 4.26. The van der Waals surface area contributed by atoms with Gasteiger partial charge in [-0.05, 0) is 50.2 Å². The summed E-state index contributed by atoms with van der Waals surface area (Å²) < 4.78 is 2.01. The number of likely N-dealkylation sites (N-methyl/N-ethyl adjacent to an activating group) is 1. The maximum atomic E-state index is 4.26. The monoisotopic (exact) mass is 246 g/mol. The van der Waals surface area contributed by atoms with Crippen LogP contribution in [0.4, 0.5) is 0 Å². The largest absolute Gasteiger partial charge is 0.302 e. The van der Waals surface area contributed by atoms with E-state index in [0.29, 0.717) is 0 Å². The number of hydrogen-bond donors (Lipinski definition) is 0. The molecule has 4 heteroatoms. The number of hydrogen-bond acceptors (Lipinski definition) is 3. The normalized spacial score (nSPS) is 11.6. The molecule has 1 heterocycles. The van der Waals surface area contributed by atoms with Crippen LogP contribution in [0.15, 0.2) is 12.1 Å². The SMILES string of the molecule is CCN(CC)CCn1nnc2cc(C)c(C)cc21. The number of aryl methyl sites for hydroxylation is 2. The predicted molar refractivity (Wildman–Crippen MR) is 74.8 cm³/mol. The van der Waals surface area contributed by atoms with Crippen LogP contribution in [-0.4, -0.2) is 39.5 Å². The number of aromatic nitrogens is 3. The molecule has 0 aliphatic heterocycles. The van der Waals surface area contributed by atoms with Gasteiger partial charge in [-0.15, -0.1) is 5.10 Å². The van der Waals surface area contributed by atoms with E-state index >= 15 is 0 Å². The molecule has 0 radical (unpaired) electrons. The highest BCUT2D eigenvalue weighted by Gasteiger charge is 2.07. The van der Waals surface area contributed by atoms with E-state index in [2.05, 4.69) is 55.0 Å². The summed E-state index contributed by atoms with van der Waals surface area (Å²) in [7, 11) is 0. The average molecular weight is 246 g/mol. The zero-order valence-electron chi connectivity index (χ0n) is 11.8. The summed E-state index contributed by atoms with van der Waals surface area (Å²) in [6.45, 7) is 12.7. The molecule has 0 spiro atoms. The van der Waals surface area contributed by atoms with Gasteiger partial charge in [0.15, 0.2) is 0 Å². The minimum atomic E-state index is 0.903. The molecule has 2 rings (SSSR count). The fourth-order valence-corrected chi connectivity index (χ4v) is 2.16. The second-order valence-electron chi connectivity index (χ2n) is 4.76. The van der Waals surface area contributed by atoms with Crippen LogP contribution in [0, 0.1) is 13.8 Å². The third kappa shape index (κ3) is 2.53. The molecule has 0 aliphatic carbocycles. The van der Waals surface area contributed by atoms with Gasteiger partial charge < -0.3 is 4.90 Å². The van der Waals surface area contributed by atoms with Gasteiger partial charge in [0.05, 0.1) is 12.1 Å². The van der Waals surface area contributed by atoms with E-state index < -0.39 is 0 Å². The number of fused-ring (bicyclic) bond motifs is 1. The molecule has 0 bridgehead atoms. The quantitative estimate of drug-likeness (QED) is 0.812. The summed E-state index contributed by atoms with van der Waals surface area (Å²) in [5.74, 6) is 0. The molecular formula is C14H22N4. The highest BCUT2D eigenvalue weighted by molar-refractivity contribution is 5.76. The van der Waals surface area contributed by atoms with Crippen molar-refractivity contribution < 1.29 is 0 Å². The van der Waals surface area contributed by atoms with Crippen molar-refractivity contribution in [2.75, 3.05) is 19.6 Å². The average Bonchev–Trinajstić information content (AvgIpc) is 2.74. The molecule has 0 saturated carbocycles. The molecule has 18 heavy (non-hydrogen) atoms. The van der Waals surface area contributed by atoms with Gasteiger partial charge in [-0.3, -0.25) is 0 Å². The summed E-state index contributed by atoms with van der Waals surface area (Å²) >= 11 is 0. The Balaban J connectivity index is 2.21. The lowest BCUT2D eigenvalue weighted by Crippen LogP contribution is -2.27. The first kappa shape index (κ1) is 13.0. The van der Waals surface area contributed by atoms with Crippen molar-refractivity contribution in [1.82, 2.24) is 19.9 Å². The minimum absolute atomic E-state index is 0.903. The van der Waals surface area contributed by atoms with Gasteiger partial charge in [-0.25, -0.2) is 4.68 Å². The Morgan fingerprint density at radius 2 is 1.78 bits per heavy atom. The molecule has 98 valence electrons. The van der Waals surface area contributed by atoms with Gasteiger partial charge in [0.1, 0.15) is 5.52 Å². The topological polar surface area (TPSA) is 34.0 Å². The van der Waals surface area contributed by atoms with Gasteiger partial charge >= 0.3 is 0 Å². The van der Waals surface area contributed by atoms with Crippen LogP contribution in [0.5, 0.6) is 0 Å². The van der Waals surface area contributed by atoms with Crippen LogP contribution in [0.2, 0.25) is 0 Å². The van der Waals surface area contributed by atoms with Crippen molar-refractivity contribution in [2.45, 2.75) is 34.2 Å². The van der Waals surface area contributed by atoms with Gasteiger partial charge in [-0.1, -0.05) is 19.1 Å². The molecule has 0 atom stereocenters. The summed E-state index contributed by atoms with van der Waals surface area (Å²) in [5, 5.41) is 8.50. The molecular weight excluding hydrogens is 224 g/mol. The summed E-state index contributed by atoms with van der Waals surface area (Å²) in [5.41, 5.74) is 4.72. The van der Waals surface area contributed by atoms with E-state index in [1.807, 2.05) is 4.68 Å². The maximum Gasteiger partial charge on any atom is 0.113 e. The third-order valence-corrected chi connectivity index (χ3v) is 3.65. The van der Waals surface area contributed by atoms with E-state index in [4.69, 9.17) is 0 Å². The Kier molecular flexibility index (Phi) is 3.97. The van der Waals surface area contributed by atoms with Crippen molar-refractivity contribution in [3.8, 4) is 0 Å². The summed E-state index contributed by atoms with van der Waals surface area (Å²) in [4.78, 5) is 2.40. The van der Waals surface area contributed by atoms with Crippen LogP contribution in [0.1, 0.15) is 25.0 Å². The van der Waals surface area contributed by atoms with E-state index in [1.54, 1.807) is 0 Å². The standard InChI is InChI=1S/C14H22N4/c1-5-17(6-2)7-8-18-14-10-12(4)11(3)9-13(14)15-16-18/h9-10H,5-8H2,1-4H3. The lowest BCUT2D eigenvalue weighted by molar-refractivity contribution is 0.286. The van der Waals surface area contributed by atoms with E-state index in [-0.39, 0.29) is 0 Å². The molecule has 0 unspecified atom stereocenters. The summed E-state index contributed by atoms with van der Waals surface area (Å²) in [6.07, 6.45) is 0. The molecule has 0 aliphatic rings. The van der Waals surface area contributed by atoms with Gasteiger partial charge in [0, 0.05) is 6.54 Å². The van der Waals surface area contributed by atoms with Gasteiger partial charge in [-0.2, -0.15) is 0 Å². The van der Waals surface area contributed by atoms with Crippen LogP contribution < -0.4 is 0 Å². The summed E-state index contributed by atoms with van der Waals surface area (Å²) in [6, 6.07) is 4.30. The highest BCUT2D eigenvalue weighted by atomic mass is 15.4. The van der Waals surface area contributed by atoms with Crippen molar-refractivity contribution >= 4 is 11.0 Å². The minimum Gasteiger partial charge on any atom is -0.302 e. The van der Waals surface area contributed by atoms with E-state index in [9.17, 15) is 0 Å². The zero-order chi connectivity index (χ0) is 13.1. The van der Waals surface area contributed by atoms with Crippen molar-refractivity contribution in [1.29, 1.82) is 0 Å². The lowest BCUT2D eigenvalue weighted by Gasteiger charge is -2.17. The molecule has 0 amide bonds. The van der Waals surface area contributed by atoms with Crippen LogP contribution in [0.25, 0.3) is 11.0 Å². The van der Waals surface area contributed by atoms with Gasteiger partial charge in [0.25, 0.3) is 0 Å². The first-order valence-electron chi connectivity index (χ1n) is 6.68. The fourth-order valence-electron chi connectivity index (χ4n) is 2.16. The Morgan fingerprint density at radius 1 is 1.11 bits per heavy atom. The molecule has 0 N–H and O–H groups in total. The number of rotatable bonds is 5. The molecule has 4 nitrogen and oxygen atoms in total. The zero-order valence-corrected chi connectivity index (χ0v) is 11.8. The second kappa shape index (κ2) is 5.48. The van der Waals surface area contributed by atoms with Gasteiger partial charge in [0.2, 0.25) is 0 Å². The van der Waals surface area contributed by atoms with Crippen LogP contribution >= 0.6 is 0 Å². The third-order valence-electron chi connectivity index (χ3n) is 3.65. The number of benzene rings is 1. The van der Waals surface area contributed by atoms with Crippen molar-refractivity contribution in [3.63, 3.8) is 0 Å². The van der Waals surface area contributed by atoms with Crippen LogP contribution in [-0.2, 0) is 6.54 Å². The Hall–Kier alpha value is -1.42. The fraction of sp³-hybridized carbons (Fsp3) is 0.571. The van der Waals surface area contributed by atoms with E-state index in [0.717, 1.165) is 37.2 Å². The number of nitrogens with zero attached hydrogens (tertiary/aromatic N) is 4. The molecule has 0 fully saturated rings. The van der Waals surface area contributed by atoms with Crippen molar-refractivity contribution in [3.05, 3.63) is 23.3 Å². The Bertz CT molecular complexity index is 526. The van der Waals surface area contributed by atoms with Crippen LogP contribution in [0.3, 0.4) is 0 Å². The molecule has 1 aromatic carbocycles. The Labute approximate surface area is 109 Å². The smallest absolute Gasteiger partial charge is 0.113 e. The molecule has 1 aromatic heterocycles. The first-order valence-corrected chi connectivity index (χ1v) is 6.68. The highest BCUT2D eigenvalue weighted by Crippen LogP contribution is 2.16. The lowest BCUT2D eigenvalue weighted by atomic mass is 10.1.